The van der Waals surface area contributed by atoms with Crippen molar-refractivity contribution in [3.8, 4) is 11.1 Å². The van der Waals surface area contributed by atoms with Crippen molar-refractivity contribution in [2.24, 2.45) is 11.3 Å². The lowest BCUT2D eigenvalue weighted by Gasteiger charge is -2.36. The topological polar surface area (TPSA) is 95.9 Å². The highest BCUT2D eigenvalue weighted by Crippen LogP contribution is 2.44. The number of carboxylic acids is 1. The van der Waals surface area contributed by atoms with E-state index < -0.39 is 23.4 Å². The lowest BCUT2D eigenvalue weighted by atomic mass is 9.80. The first-order valence-electron chi connectivity index (χ1n) is 12.5. The molecule has 1 heterocycles. The number of nitrogens with zero attached hydrogens (tertiary/aromatic N) is 1. The van der Waals surface area contributed by atoms with Crippen molar-refractivity contribution >= 4 is 18.0 Å². The molecular formula is C28H34N2O5. The van der Waals surface area contributed by atoms with E-state index in [2.05, 4.69) is 29.6 Å². The number of carbonyl (C=O) groups is 3. The fourth-order valence-electron chi connectivity index (χ4n) is 5.63. The van der Waals surface area contributed by atoms with Crippen LogP contribution >= 0.6 is 0 Å². The molecule has 2 aliphatic rings. The van der Waals surface area contributed by atoms with Gasteiger partial charge in [-0.15, -0.1) is 0 Å². The van der Waals surface area contributed by atoms with Gasteiger partial charge >= 0.3 is 12.1 Å². The number of benzene rings is 2. The summed E-state index contributed by atoms with van der Waals surface area (Å²) in [6.45, 7) is 6.42. The molecule has 7 heteroatoms. The number of rotatable bonds is 8. The first-order valence-corrected chi connectivity index (χ1v) is 12.5. The monoisotopic (exact) mass is 478 g/mol. The summed E-state index contributed by atoms with van der Waals surface area (Å²) in [5.74, 6) is -1.56. The van der Waals surface area contributed by atoms with Crippen molar-refractivity contribution in [2.75, 3.05) is 19.7 Å². The van der Waals surface area contributed by atoms with Crippen molar-refractivity contribution in [3.63, 3.8) is 0 Å². The minimum Gasteiger partial charge on any atom is -0.481 e. The SMILES string of the molecule is CCC(CC)(CNC(=O)OCC1c2ccccc2-c2ccccc21)C(=O)N1CCC(C(=O)O)C1C. The van der Waals surface area contributed by atoms with Crippen molar-refractivity contribution in [3.05, 3.63) is 59.7 Å². The molecule has 0 bridgehead atoms. The van der Waals surface area contributed by atoms with Gasteiger partial charge in [0.15, 0.2) is 0 Å². The zero-order chi connectivity index (χ0) is 25.2. The summed E-state index contributed by atoms with van der Waals surface area (Å²) in [4.78, 5) is 39.4. The summed E-state index contributed by atoms with van der Waals surface area (Å²) < 4.78 is 5.65. The van der Waals surface area contributed by atoms with Gasteiger partial charge < -0.3 is 20.1 Å². The van der Waals surface area contributed by atoms with Gasteiger partial charge in [0, 0.05) is 25.0 Å². The zero-order valence-corrected chi connectivity index (χ0v) is 20.6. The van der Waals surface area contributed by atoms with Gasteiger partial charge in [0.05, 0.1) is 11.3 Å². The van der Waals surface area contributed by atoms with Gasteiger partial charge in [-0.25, -0.2) is 4.79 Å². The Bertz CT molecular complexity index is 1060. The van der Waals surface area contributed by atoms with E-state index in [-0.39, 0.29) is 31.0 Å². The van der Waals surface area contributed by atoms with Crippen LogP contribution < -0.4 is 5.32 Å². The summed E-state index contributed by atoms with van der Waals surface area (Å²) in [7, 11) is 0. The standard InChI is InChI=1S/C28H34N2O5/c1-4-28(5-2,26(33)30-15-14-19(18(30)3)25(31)32)17-29-27(34)35-16-24-22-12-8-6-10-20(22)21-11-7-9-13-23(21)24/h6-13,18-19,24H,4-5,14-17H2,1-3H3,(H,29,34)(H,31,32). The number of hydrogen-bond acceptors (Lipinski definition) is 4. The van der Waals surface area contributed by atoms with E-state index in [9.17, 15) is 19.5 Å². The second-order valence-corrected chi connectivity index (χ2v) is 9.64. The van der Waals surface area contributed by atoms with Crippen molar-refractivity contribution in [1.82, 2.24) is 10.2 Å². The molecule has 2 unspecified atom stereocenters. The van der Waals surface area contributed by atoms with Crippen LogP contribution in [0.2, 0.25) is 0 Å². The van der Waals surface area contributed by atoms with E-state index in [0.717, 1.165) is 22.3 Å². The number of alkyl carbamates (subject to hydrolysis) is 1. The van der Waals surface area contributed by atoms with Crippen LogP contribution in [0.5, 0.6) is 0 Å². The Labute approximate surface area is 206 Å². The number of carbonyl (C=O) groups excluding carboxylic acids is 2. The highest BCUT2D eigenvalue weighted by molar-refractivity contribution is 5.85. The molecule has 2 amide bonds. The van der Waals surface area contributed by atoms with Crippen LogP contribution in [-0.2, 0) is 14.3 Å². The highest BCUT2D eigenvalue weighted by Gasteiger charge is 2.45. The number of aliphatic carboxylic acids is 1. The van der Waals surface area contributed by atoms with Crippen molar-refractivity contribution in [2.45, 2.75) is 52.0 Å². The first-order chi connectivity index (χ1) is 16.8. The molecule has 2 atom stereocenters. The van der Waals surface area contributed by atoms with E-state index >= 15 is 0 Å². The predicted octanol–water partition coefficient (Wildman–Crippen LogP) is 4.65. The quantitative estimate of drug-likeness (QED) is 0.576. The maximum Gasteiger partial charge on any atom is 0.407 e. The van der Waals surface area contributed by atoms with Crippen LogP contribution in [0.3, 0.4) is 0 Å². The minimum atomic E-state index is -0.872. The molecule has 0 spiro atoms. The average Bonchev–Trinajstić information content (AvgIpc) is 3.41. The maximum atomic E-state index is 13.5. The fourth-order valence-corrected chi connectivity index (χ4v) is 5.63. The molecule has 35 heavy (non-hydrogen) atoms. The largest absolute Gasteiger partial charge is 0.481 e. The highest BCUT2D eigenvalue weighted by atomic mass is 16.5. The summed E-state index contributed by atoms with van der Waals surface area (Å²) in [5.41, 5.74) is 3.82. The second-order valence-electron chi connectivity index (χ2n) is 9.64. The molecule has 1 aliphatic heterocycles. The van der Waals surface area contributed by atoms with Gasteiger partial charge in [-0.1, -0.05) is 62.4 Å². The lowest BCUT2D eigenvalue weighted by molar-refractivity contribution is -0.146. The third-order valence-corrected chi connectivity index (χ3v) is 8.06. The normalized spacial score (nSPS) is 19.2. The second kappa shape index (κ2) is 10.1. The first kappa shape index (κ1) is 24.8. The molecule has 2 N–H and O–H groups in total. The molecule has 1 fully saturated rings. The van der Waals surface area contributed by atoms with Gasteiger partial charge in [0.2, 0.25) is 5.91 Å². The van der Waals surface area contributed by atoms with Crippen LogP contribution in [0.25, 0.3) is 11.1 Å². The predicted molar refractivity (Wildman–Crippen MR) is 133 cm³/mol. The van der Waals surface area contributed by atoms with Gasteiger partial charge in [0.25, 0.3) is 0 Å². The Kier molecular flexibility index (Phi) is 7.15. The van der Waals surface area contributed by atoms with E-state index in [4.69, 9.17) is 4.74 Å². The Morgan fingerprint density at radius 3 is 2.11 bits per heavy atom. The average molecular weight is 479 g/mol. The maximum absolute atomic E-state index is 13.5. The minimum absolute atomic E-state index is 0.0321. The third kappa shape index (κ3) is 4.51. The molecule has 0 aromatic heterocycles. The molecule has 0 radical (unpaired) electrons. The van der Waals surface area contributed by atoms with Gasteiger partial charge in [-0.05, 0) is 48.4 Å². The summed E-state index contributed by atoms with van der Waals surface area (Å²) in [5, 5.41) is 12.3. The summed E-state index contributed by atoms with van der Waals surface area (Å²) in [6.07, 6.45) is 0.967. The number of amides is 2. The van der Waals surface area contributed by atoms with Crippen molar-refractivity contribution in [1.29, 1.82) is 0 Å². The molecule has 4 rings (SSSR count). The zero-order valence-electron chi connectivity index (χ0n) is 20.6. The lowest BCUT2D eigenvalue weighted by Crippen LogP contribution is -2.51. The van der Waals surface area contributed by atoms with Crippen molar-refractivity contribution < 1.29 is 24.2 Å². The molecule has 0 saturated carbocycles. The Morgan fingerprint density at radius 2 is 1.60 bits per heavy atom. The molecule has 186 valence electrons. The number of hydrogen-bond donors (Lipinski definition) is 2. The third-order valence-electron chi connectivity index (χ3n) is 8.06. The Morgan fingerprint density at radius 1 is 1.03 bits per heavy atom. The molecule has 2 aromatic carbocycles. The number of ether oxygens (including phenoxy) is 1. The number of fused-ring (bicyclic) bond motifs is 3. The van der Waals surface area contributed by atoms with E-state index in [1.807, 2.05) is 38.1 Å². The number of likely N-dealkylation sites (tertiary alicyclic amines) is 1. The van der Waals surface area contributed by atoms with E-state index in [1.54, 1.807) is 11.8 Å². The smallest absolute Gasteiger partial charge is 0.407 e. The molecule has 1 saturated heterocycles. The molecule has 1 aliphatic carbocycles. The summed E-state index contributed by atoms with van der Waals surface area (Å²) in [6, 6.07) is 16.0. The molecular weight excluding hydrogens is 444 g/mol. The van der Waals surface area contributed by atoms with E-state index in [1.165, 1.54) is 0 Å². The van der Waals surface area contributed by atoms with Crippen LogP contribution in [-0.4, -0.2) is 53.7 Å². The van der Waals surface area contributed by atoms with Crippen LogP contribution in [0.15, 0.2) is 48.5 Å². The van der Waals surface area contributed by atoms with Gasteiger partial charge in [-0.2, -0.15) is 0 Å². The fraction of sp³-hybridized carbons (Fsp3) is 0.464. The Balaban J connectivity index is 1.40. The van der Waals surface area contributed by atoms with Crippen LogP contribution in [0.4, 0.5) is 4.79 Å². The van der Waals surface area contributed by atoms with Crippen LogP contribution in [0, 0.1) is 11.3 Å². The van der Waals surface area contributed by atoms with Gasteiger partial charge in [-0.3, -0.25) is 9.59 Å². The molecule has 7 nitrogen and oxygen atoms in total. The number of carboxylic acid groups (broad SMARTS) is 1. The molecule has 2 aromatic rings. The summed E-state index contributed by atoms with van der Waals surface area (Å²) >= 11 is 0. The number of nitrogens with one attached hydrogen (secondary N) is 1. The van der Waals surface area contributed by atoms with Gasteiger partial charge in [0.1, 0.15) is 6.61 Å². The van der Waals surface area contributed by atoms with Crippen LogP contribution in [0.1, 0.15) is 57.1 Å². The Hall–Kier alpha value is -3.35. The van der Waals surface area contributed by atoms with E-state index in [0.29, 0.717) is 25.8 Å².